The third-order valence-corrected chi connectivity index (χ3v) is 4.27. The average molecular weight is 225 g/mol. The molecule has 0 radical (unpaired) electrons. The van der Waals surface area contributed by atoms with Gasteiger partial charge in [0.2, 0.25) is 0 Å². The van der Waals surface area contributed by atoms with Gasteiger partial charge in [0.25, 0.3) is 0 Å². The topological polar surface area (TPSA) is 26.0 Å². The van der Waals surface area contributed by atoms with E-state index in [0.29, 0.717) is 5.69 Å². The fourth-order valence-corrected chi connectivity index (χ4v) is 3.27. The molecule has 1 aliphatic rings. The Morgan fingerprint density at radius 2 is 2.07 bits per heavy atom. The molecule has 82 valence electrons. The lowest BCUT2D eigenvalue weighted by atomic mass is 10.2. The fourth-order valence-electron chi connectivity index (χ4n) is 1.97. The standard InChI is InChI=1S/C12H16FNS/c13-12-6-5-10(14)7-9(12)8-15-11-3-1-2-4-11/h5-7,11H,1-4,8,14H2. The number of benzene rings is 1. The van der Waals surface area contributed by atoms with Crippen LogP contribution < -0.4 is 5.73 Å². The number of anilines is 1. The van der Waals surface area contributed by atoms with Gasteiger partial charge in [-0.15, -0.1) is 0 Å². The number of thioether (sulfide) groups is 1. The highest BCUT2D eigenvalue weighted by Gasteiger charge is 2.15. The van der Waals surface area contributed by atoms with Gasteiger partial charge in [-0.2, -0.15) is 11.8 Å². The molecule has 2 rings (SSSR count). The monoisotopic (exact) mass is 225 g/mol. The summed E-state index contributed by atoms with van der Waals surface area (Å²) in [5, 5.41) is 0.728. The molecular weight excluding hydrogens is 209 g/mol. The Morgan fingerprint density at radius 1 is 1.33 bits per heavy atom. The predicted molar refractivity (Wildman–Crippen MR) is 64.4 cm³/mol. The van der Waals surface area contributed by atoms with E-state index in [-0.39, 0.29) is 5.82 Å². The zero-order chi connectivity index (χ0) is 10.7. The minimum atomic E-state index is -0.130. The van der Waals surface area contributed by atoms with Gasteiger partial charge in [-0.05, 0) is 36.6 Å². The lowest BCUT2D eigenvalue weighted by Crippen LogP contribution is -1.97. The molecule has 0 heterocycles. The van der Waals surface area contributed by atoms with E-state index in [9.17, 15) is 4.39 Å². The van der Waals surface area contributed by atoms with E-state index in [2.05, 4.69) is 0 Å². The fraction of sp³-hybridized carbons (Fsp3) is 0.500. The average Bonchev–Trinajstić information content (AvgIpc) is 2.72. The molecule has 0 spiro atoms. The lowest BCUT2D eigenvalue weighted by Gasteiger charge is -2.09. The third kappa shape index (κ3) is 2.88. The highest BCUT2D eigenvalue weighted by Crippen LogP contribution is 2.32. The van der Waals surface area contributed by atoms with E-state index < -0.39 is 0 Å². The smallest absolute Gasteiger partial charge is 0.127 e. The third-order valence-electron chi connectivity index (χ3n) is 2.85. The quantitative estimate of drug-likeness (QED) is 0.796. The van der Waals surface area contributed by atoms with Crippen molar-refractivity contribution in [3.05, 3.63) is 29.6 Å². The maximum atomic E-state index is 13.4. The van der Waals surface area contributed by atoms with E-state index in [1.165, 1.54) is 31.7 Å². The van der Waals surface area contributed by atoms with E-state index in [1.54, 1.807) is 12.1 Å². The molecule has 15 heavy (non-hydrogen) atoms. The maximum absolute atomic E-state index is 13.4. The van der Waals surface area contributed by atoms with Crippen LogP contribution in [0.4, 0.5) is 10.1 Å². The molecule has 3 heteroatoms. The van der Waals surface area contributed by atoms with Crippen LogP contribution in [0.3, 0.4) is 0 Å². The number of rotatable bonds is 3. The summed E-state index contributed by atoms with van der Waals surface area (Å²) in [6.45, 7) is 0. The molecule has 0 atom stereocenters. The van der Waals surface area contributed by atoms with E-state index in [1.807, 2.05) is 11.8 Å². The van der Waals surface area contributed by atoms with Crippen molar-refractivity contribution in [1.29, 1.82) is 0 Å². The van der Waals surface area contributed by atoms with Crippen LogP contribution in [0, 0.1) is 5.82 Å². The summed E-state index contributed by atoms with van der Waals surface area (Å²) in [4.78, 5) is 0. The number of nitrogens with two attached hydrogens (primary N) is 1. The van der Waals surface area contributed by atoms with Crippen molar-refractivity contribution in [2.45, 2.75) is 36.7 Å². The van der Waals surface area contributed by atoms with Gasteiger partial charge in [0.15, 0.2) is 0 Å². The van der Waals surface area contributed by atoms with E-state index in [0.717, 1.165) is 16.6 Å². The van der Waals surface area contributed by atoms with Gasteiger partial charge in [-0.3, -0.25) is 0 Å². The van der Waals surface area contributed by atoms with Crippen molar-refractivity contribution in [1.82, 2.24) is 0 Å². The SMILES string of the molecule is Nc1ccc(F)c(CSC2CCCC2)c1. The second kappa shape index (κ2) is 4.88. The maximum Gasteiger partial charge on any atom is 0.127 e. The number of hydrogen-bond acceptors (Lipinski definition) is 2. The Balaban J connectivity index is 1.94. The van der Waals surface area contributed by atoms with Crippen LogP contribution in [-0.4, -0.2) is 5.25 Å². The highest BCUT2D eigenvalue weighted by atomic mass is 32.2. The first-order valence-electron chi connectivity index (χ1n) is 5.41. The minimum Gasteiger partial charge on any atom is -0.399 e. The molecule has 1 saturated carbocycles. The number of nitrogen functional groups attached to an aromatic ring is 1. The van der Waals surface area contributed by atoms with Crippen molar-refractivity contribution in [2.75, 3.05) is 5.73 Å². The number of halogens is 1. The van der Waals surface area contributed by atoms with Crippen molar-refractivity contribution in [3.63, 3.8) is 0 Å². The van der Waals surface area contributed by atoms with Crippen molar-refractivity contribution in [2.24, 2.45) is 0 Å². The molecule has 0 aliphatic heterocycles. The van der Waals surface area contributed by atoms with Gasteiger partial charge < -0.3 is 5.73 Å². The first-order valence-corrected chi connectivity index (χ1v) is 6.46. The molecule has 1 aliphatic carbocycles. The molecule has 0 aromatic heterocycles. The van der Waals surface area contributed by atoms with Crippen molar-refractivity contribution < 1.29 is 4.39 Å². The molecule has 1 nitrogen and oxygen atoms in total. The van der Waals surface area contributed by atoms with Crippen LogP contribution in [0.2, 0.25) is 0 Å². The first-order chi connectivity index (χ1) is 7.25. The summed E-state index contributed by atoms with van der Waals surface area (Å²) in [7, 11) is 0. The van der Waals surface area contributed by atoms with Gasteiger partial charge in [-0.25, -0.2) is 4.39 Å². The molecule has 0 saturated heterocycles. The van der Waals surface area contributed by atoms with Crippen LogP contribution in [-0.2, 0) is 5.75 Å². The van der Waals surface area contributed by atoms with Gasteiger partial charge in [-0.1, -0.05) is 12.8 Å². The van der Waals surface area contributed by atoms with Crippen LogP contribution in [0.1, 0.15) is 31.2 Å². The highest BCUT2D eigenvalue weighted by molar-refractivity contribution is 7.99. The summed E-state index contributed by atoms with van der Waals surface area (Å²) >= 11 is 1.86. The molecule has 0 amide bonds. The Hall–Kier alpha value is -0.700. The Labute approximate surface area is 94.2 Å². The zero-order valence-electron chi connectivity index (χ0n) is 8.71. The van der Waals surface area contributed by atoms with Gasteiger partial charge >= 0.3 is 0 Å². The van der Waals surface area contributed by atoms with E-state index in [4.69, 9.17) is 5.73 Å². The second-order valence-electron chi connectivity index (χ2n) is 4.07. The van der Waals surface area contributed by atoms with Gasteiger partial charge in [0.05, 0.1) is 0 Å². The summed E-state index contributed by atoms with van der Waals surface area (Å²) in [6, 6.07) is 4.82. The van der Waals surface area contributed by atoms with E-state index >= 15 is 0 Å². The number of hydrogen-bond donors (Lipinski definition) is 1. The summed E-state index contributed by atoms with van der Waals surface area (Å²) in [5.74, 6) is 0.622. The molecule has 0 unspecified atom stereocenters. The molecule has 1 aromatic carbocycles. The summed E-state index contributed by atoms with van der Waals surface area (Å²) < 4.78 is 13.4. The molecule has 1 fully saturated rings. The zero-order valence-corrected chi connectivity index (χ0v) is 9.52. The molecule has 1 aromatic rings. The lowest BCUT2D eigenvalue weighted by molar-refractivity contribution is 0.617. The molecule has 0 bridgehead atoms. The second-order valence-corrected chi connectivity index (χ2v) is 5.36. The molecule has 2 N–H and O–H groups in total. The predicted octanol–water partition coefficient (Wildman–Crippen LogP) is 3.58. The first kappa shape index (κ1) is 10.8. The summed E-state index contributed by atoms with van der Waals surface area (Å²) in [5.41, 5.74) is 7.03. The van der Waals surface area contributed by atoms with Crippen LogP contribution >= 0.6 is 11.8 Å². The van der Waals surface area contributed by atoms with Crippen molar-refractivity contribution in [3.8, 4) is 0 Å². The van der Waals surface area contributed by atoms with Gasteiger partial charge in [0, 0.05) is 16.7 Å². The van der Waals surface area contributed by atoms with Crippen molar-refractivity contribution >= 4 is 17.4 Å². The van der Waals surface area contributed by atoms with Gasteiger partial charge in [0.1, 0.15) is 5.82 Å². The van der Waals surface area contributed by atoms with Crippen LogP contribution in [0.15, 0.2) is 18.2 Å². The molecular formula is C12H16FNS. The van der Waals surface area contributed by atoms with Crippen LogP contribution in [0.25, 0.3) is 0 Å². The normalized spacial score (nSPS) is 17.1. The Kier molecular flexibility index (Phi) is 3.52. The largest absolute Gasteiger partial charge is 0.399 e. The Morgan fingerprint density at radius 3 is 2.80 bits per heavy atom. The summed E-state index contributed by atoms with van der Waals surface area (Å²) in [6.07, 6.45) is 5.23. The Bertz CT molecular complexity index is 334. The van der Waals surface area contributed by atoms with Crippen LogP contribution in [0.5, 0.6) is 0 Å². The minimum absolute atomic E-state index is 0.130.